The summed E-state index contributed by atoms with van der Waals surface area (Å²) in [5, 5.41) is 15.8. The zero-order valence-electron chi connectivity index (χ0n) is 21.1. The number of alkyl halides is 4. The van der Waals surface area contributed by atoms with Crippen LogP contribution in [0.25, 0.3) is 16.5 Å². The molecule has 2 N–H and O–H groups in total. The molecule has 2 fully saturated rings. The Morgan fingerprint density at radius 3 is 2.60 bits per heavy atom. The molecule has 2 saturated heterocycles. The van der Waals surface area contributed by atoms with E-state index in [0.29, 0.717) is 47.9 Å². The molecule has 2 aromatic carbocycles. The van der Waals surface area contributed by atoms with Crippen LogP contribution in [0.1, 0.15) is 29.5 Å². The van der Waals surface area contributed by atoms with Crippen LogP contribution in [0.3, 0.4) is 0 Å². The maximum atomic E-state index is 15.7. The van der Waals surface area contributed by atoms with Gasteiger partial charge >= 0.3 is 6.18 Å². The van der Waals surface area contributed by atoms with Crippen molar-refractivity contribution in [3.63, 3.8) is 0 Å². The molecule has 0 bridgehead atoms. The summed E-state index contributed by atoms with van der Waals surface area (Å²) in [5.74, 6) is -0.741. The number of benzene rings is 2. The van der Waals surface area contributed by atoms with Gasteiger partial charge in [0.25, 0.3) is 11.1 Å². The second-order valence-electron chi connectivity index (χ2n) is 9.93. The van der Waals surface area contributed by atoms with Crippen LogP contribution < -0.4 is 0 Å². The largest absolute Gasteiger partial charge is 0.416 e. The number of allylic oxidation sites excluding steroid dienone is 1. The van der Waals surface area contributed by atoms with Crippen molar-refractivity contribution in [3.8, 4) is 0 Å². The van der Waals surface area contributed by atoms with E-state index < -0.39 is 35.1 Å². The fourth-order valence-corrected chi connectivity index (χ4v) is 6.19. The Labute approximate surface area is 236 Å². The van der Waals surface area contributed by atoms with Gasteiger partial charge in [0, 0.05) is 30.0 Å². The quantitative estimate of drug-likeness (QED) is 0.269. The van der Waals surface area contributed by atoms with E-state index in [0.717, 1.165) is 11.0 Å². The third-order valence-electron chi connectivity index (χ3n) is 7.27. The number of aliphatic hydroxyl groups excluding tert-OH is 1. The average Bonchev–Trinajstić information content (AvgIpc) is 3.48. The number of rotatable bonds is 7. The van der Waals surface area contributed by atoms with Crippen molar-refractivity contribution >= 4 is 51.0 Å². The normalized spacial score (nSPS) is 19.6. The first-order valence-corrected chi connectivity index (χ1v) is 13.7. The highest BCUT2D eigenvalue weighted by atomic mass is 35.5. The van der Waals surface area contributed by atoms with Crippen LogP contribution >= 0.6 is 23.4 Å². The van der Waals surface area contributed by atoms with Gasteiger partial charge in [-0.2, -0.15) is 18.3 Å². The number of likely N-dealkylation sites (tertiary alicyclic amines) is 1. The fraction of sp³-hybridized carbons (Fsp3) is 0.370. The number of β-amino-alcohol motifs (C(OH)–C–C–N with tert-alkyl or cyclic N) is 1. The van der Waals surface area contributed by atoms with E-state index in [4.69, 9.17) is 16.7 Å². The number of nitrogens with zero attached hydrogens (tertiary/aromatic N) is 3. The van der Waals surface area contributed by atoms with E-state index in [9.17, 15) is 22.8 Å². The lowest BCUT2D eigenvalue weighted by Crippen LogP contribution is -2.49. The predicted octanol–water partition coefficient (Wildman–Crippen LogP) is 5.68. The highest BCUT2D eigenvalue weighted by molar-refractivity contribution is 8.18. The summed E-state index contributed by atoms with van der Waals surface area (Å²) in [7, 11) is 0. The van der Waals surface area contributed by atoms with Crippen molar-refractivity contribution in [2.45, 2.75) is 31.1 Å². The van der Waals surface area contributed by atoms with E-state index in [1.165, 1.54) is 12.1 Å². The Balaban J connectivity index is 1.52. The standard InChI is InChI=1S/C27H25ClF4N4O3S/c28-19-3-1-17(21(13-19)27(30,31)32)12-20(16-2-4-22-18(11-16)14-33-34-22)23-24(38)36(25(39)40-23)15-26(29)5-7-35(8-6-26)9-10-37/h1-4,11,13-14,37H,5-10,12,15H2,(H,33,34)/b23-20-. The molecule has 0 unspecified atom stereocenters. The van der Waals surface area contributed by atoms with Crippen molar-refractivity contribution < 1.29 is 32.3 Å². The number of hydrogen-bond donors (Lipinski definition) is 2. The van der Waals surface area contributed by atoms with Crippen LogP contribution in [0.4, 0.5) is 22.4 Å². The molecule has 2 aliphatic heterocycles. The van der Waals surface area contributed by atoms with Crippen molar-refractivity contribution in [2.75, 3.05) is 32.8 Å². The summed E-state index contributed by atoms with van der Waals surface area (Å²) in [4.78, 5) is 29.3. The monoisotopic (exact) mass is 596 g/mol. The number of fused-ring (bicyclic) bond motifs is 1. The molecule has 0 aliphatic carbocycles. The summed E-state index contributed by atoms with van der Waals surface area (Å²) >= 11 is 6.47. The van der Waals surface area contributed by atoms with Gasteiger partial charge in [0.05, 0.1) is 35.3 Å². The zero-order chi connectivity index (χ0) is 28.7. The Morgan fingerprint density at radius 1 is 1.15 bits per heavy atom. The lowest BCUT2D eigenvalue weighted by molar-refractivity contribution is -0.138. The number of aromatic nitrogens is 2. The molecule has 0 spiro atoms. The molecule has 0 atom stereocenters. The number of H-pyrrole nitrogens is 1. The highest BCUT2D eigenvalue weighted by Gasteiger charge is 2.45. The van der Waals surface area contributed by atoms with Gasteiger partial charge < -0.3 is 10.0 Å². The van der Waals surface area contributed by atoms with Gasteiger partial charge in [0.2, 0.25) is 0 Å². The van der Waals surface area contributed by atoms with E-state index in [-0.39, 0.29) is 46.9 Å². The first-order chi connectivity index (χ1) is 19.0. The molecule has 1 aromatic heterocycles. The van der Waals surface area contributed by atoms with E-state index in [1.807, 2.05) is 4.90 Å². The Morgan fingerprint density at radius 2 is 1.90 bits per heavy atom. The summed E-state index contributed by atoms with van der Waals surface area (Å²) in [6.07, 6.45) is -3.32. The topological polar surface area (TPSA) is 89.5 Å². The first kappa shape index (κ1) is 28.6. The summed E-state index contributed by atoms with van der Waals surface area (Å²) in [6.45, 7) is 0.655. The van der Waals surface area contributed by atoms with Gasteiger partial charge in [-0.15, -0.1) is 0 Å². The lowest BCUT2D eigenvalue weighted by atomic mass is 9.92. The van der Waals surface area contributed by atoms with E-state index >= 15 is 4.39 Å². The smallest absolute Gasteiger partial charge is 0.395 e. The minimum absolute atomic E-state index is 0.0442. The van der Waals surface area contributed by atoms with Gasteiger partial charge in [-0.1, -0.05) is 23.7 Å². The average molecular weight is 597 g/mol. The third kappa shape index (κ3) is 5.90. The van der Waals surface area contributed by atoms with Crippen molar-refractivity contribution in [3.05, 3.63) is 69.2 Å². The van der Waals surface area contributed by atoms with Crippen molar-refractivity contribution in [2.24, 2.45) is 0 Å². The molecular formula is C27H25ClF4N4O3S. The van der Waals surface area contributed by atoms with Gasteiger partial charge in [0.15, 0.2) is 0 Å². The molecule has 2 aliphatic rings. The van der Waals surface area contributed by atoms with E-state index in [1.54, 1.807) is 24.4 Å². The number of piperidine rings is 1. The second-order valence-corrected chi connectivity index (χ2v) is 11.3. The summed E-state index contributed by atoms with van der Waals surface area (Å²) in [5.41, 5.74) is -1.53. The number of thioether (sulfide) groups is 1. The number of nitrogens with one attached hydrogen (secondary N) is 1. The fourth-order valence-electron chi connectivity index (χ4n) is 5.08. The second kappa shape index (κ2) is 11.2. The molecule has 5 rings (SSSR count). The minimum atomic E-state index is -4.70. The maximum Gasteiger partial charge on any atom is 0.416 e. The van der Waals surface area contributed by atoms with Gasteiger partial charge in [-0.3, -0.25) is 19.6 Å². The number of imide groups is 1. The number of halogens is 5. The maximum absolute atomic E-state index is 15.7. The molecule has 0 saturated carbocycles. The molecule has 3 heterocycles. The molecule has 3 aromatic rings. The Kier molecular flexibility index (Phi) is 7.97. The first-order valence-electron chi connectivity index (χ1n) is 12.6. The van der Waals surface area contributed by atoms with Gasteiger partial charge in [0.1, 0.15) is 5.67 Å². The van der Waals surface area contributed by atoms with Crippen molar-refractivity contribution in [1.29, 1.82) is 0 Å². The van der Waals surface area contributed by atoms with Crippen LogP contribution in [0.15, 0.2) is 47.5 Å². The van der Waals surface area contributed by atoms with E-state index in [2.05, 4.69) is 10.2 Å². The number of hydrogen-bond acceptors (Lipinski definition) is 6. The number of aromatic amines is 1. The molecule has 40 heavy (non-hydrogen) atoms. The van der Waals surface area contributed by atoms with Crippen LogP contribution in [-0.2, 0) is 17.4 Å². The summed E-state index contributed by atoms with van der Waals surface area (Å²) in [6, 6.07) is 8.42. The van der Waals surface area contributed by atoms with Crippen LogP contribution in [-0.4, -0.2) is 74.7 Å². The number of amides is 2. The zero-order valence-corrected chi connectivity index (χ0v) is 22.7. The minimum Gasteiger partial charge on any atom is -0.395 e. The molecule has 2 amide bonds. The number of carbonyl (C=O) groups excluding carboxylic acids is 2. The molecule has 212 valence electrons. The van der Waals surface area contributed by atoms with Crippen LogP contribution in [0.2, 0.25) is 5.02 Å². The highest BCUT2D eigenvalue weighted by Crippen LogP contribution is 2.42. The molecule has 13 heteroatoms. The summed E-state index contributed by atoms with van der Waals surface area (Å²) < 4.78 is 57.5. The number of aliphatic hydroxyl groups is 1. The Bertz CT molecular complexity index is 1480. The Hall–Kier alpha value is -2.93. The molecule has 7 nitrogen and oxygen atoms in total. The molecular weight excluding hydrogens is 572 g/mol. The van der Waals surface area contributed by atoms with Crippen LogP contribution in [0, 0.1) is 0 Å². The van der Waals surface area contributed by atoms with Gasteiger partial charge in [-0.25, -0.2) is 4.39 Å². The van der Waals surface area contributed by atoms with Crippen molar-refractivity contribution in [1.82, 2.24) is 20.0 Å². The molecule has 0 radical (unpaired) electrons. The predicted molar refractivity (Wildman–Crippen MR) is 144 cm³/mol. The third-order valence-corrected chi connectivity index (χ3v) is 8.52. The van der Waals surface area contributed by atoms with Gasteiger partial charge in [-0.05, 0) is 72.0 Å². The SMILES string of the molecule is O=C1S/C(=C(/Cc2ccc(Cl)cc2C(F)(F)F)c2ccc3[nH]ncc3c2)C(=O)N1CC1(F)CCN(CCO)CC1. The number of carbonyl (C=O) groups is 2. The van der Waals surface area contributed by atoms with Crippen LogP contribution in [0.5, 0.6) is 0 Å². The lowest BCUT2D eigenvalue weighted by Gasteiger charge is -2.37.